The van der Waals surface area contributed by atoms with E-state index in [1.54, 1.807) is 89.2 Å². The van der Waals surface area contributed by atoms with E-state index in [4.69, 9.17) is 65.7 Å². The van der Waals surface area contributed by atoms with Crippen LogP contribution in [0.25, 0.3) is 10.9 Å². The molecule has 0 aliphatic carbocycles. The molecule has 332 valence electrons. The summed E-state index contributed by atoms with van der Waals surface area (Å²) in [4.78, 5) is 54.3. The number of methoxy groups -OCH3 is 2. The van der Waals surface area contributed by atoms with E-state index in [9.17, 15) is 23.6 Å². The smallest absolute Gasteiger partial charge is 0.346 e. The van der Waals surface area contributed by atoms with Crippen LogP contribution in [0.2, 0.25) is 20.1 Å². The number of carbonyl (C=O) groups excluding carboxylic acids is 2. The molecule has 0 saturated heterocycles. The average Bonchev–Trinajstić information content (AvgIpc) is 3.59. The Morgan fingerprint density at radius 1 is 0.889 bits per heavy atom. The van der Waals surface area contributed by atoms with E-state index in [-0.39, 0.29) is 21.3 Å². The topological polar surface area (TPSA) is 170 Å². The Bertz CT molecular complexity index is 2720. The van der Waals surface area contributed by atoms with Crippen molar-refractivity contribution in [1.29, 1.82) is 0 Å². The number of carboxylic acid groups (broad SMARTS) is 1. The second-order valence-corrected chi connectivity index (χ2v) is 16.5. The molecular formula is C42H37Cl4FN4O10S2. The molecule has 1 aliphatic heterocycles. The fraction of sp³-hybridized carbons (Fsp3) is 0.238. The fourth-order valence-corrected chi connectivity index (χ4v) is 8.14. The second kappa shape index (κ2) is 23.4. The summed E-state index contributed by atoms with van der Waals surface area (Å²) in [6, 6.07) is 21.3. The maximum absolute atomic E-state index is 14.3. The quantitative estimate of drug-likeness (QED) is 0.0911. The lowest BCUT2D eigenvalue weighted by Crippen LogP contribution is -2.31. The summed E-state index contributed by atoms with van der Waals surface area (Å²) in [5, 5.41) is 11.0. The number of rotatable bonds is 12. The number of thioether (sulfide) groups is 1. The summed E-state index contributed by atoms with van der Waals surface area (Å²) in [5.74, 6) is -0.347. The minimum absolute atomic E-state index is 0.0605. The second-order valence-electron chi connectivity index (χ2n) is 12.9. The van der Waals surface area contributed by atoms with Gasteiger partial charge in [-0.25, -0.2) is 23.7 Å². The minimum Gasteiger partial charge on any atom is -0.480 e. The predicted molar refractivity (Wildman–Crippen MR) is 240 cm³/mol. The fourth-order valence-electron chi connectivity index (χ4n) is 5.49. The van der Waals surface area contributed by atoms with Crippen molar-refractivity contribution >= 4 is 104 Å². The third-order valence-electron chi connectivity index (χ3n) is 8.50. The van der Waals surface area contributed by atoms with Crippen molar-refractivity contribution in [3.8, 4) is 23.0 Å². The van der Waals surface area contributed by atoms with Gasteiger partial charge in [0.1, 0.15) is 40.0 Å². The molecule has 1 atom stereocenters. The molecule has 0 saturated carbocycles. The van der Waals surface area contributed by atoms with Crippen LogP contribution in [0.3, 0.4) is 0 Å². The van der Waals surface area contributed by atoms with Gasteiger partial charge in [0.2, 0.25) is 4.80 Å². The largest absolute Gasteiger partial charge is 0.480 e. The first kappa shape index (κ1) is 48.7. The van der Waals surface area contributed by atoms with E-state index in [2.05, 4.69) is 19.5 Å². The summed E-state index contributed by atoms with van der Waals surface area (Å²) in [5.41, 5.74) is 0.649. The molecule has 0 spiro atoms. The van der Waals surface area contributed by atoms with Gasteiger partial charge < -0.3 is 28.8 Å². The number of aliphatic carboxylic acids is 1. The number of ether oxygens (including phenoxy) is 5. The Morgan fingerprint density at radius 3 is 2.27 bits per heavy atom. The van der Waals surface area contributed by atoms with Gasteiger partial charge in [-0.2, -0.15) is 0 Å². The number of carboxylic acids is 1. The number of carbonyl (C=O) groups is 3. The van der Waals surface area contributed by atoms with Gasteiger partial charge in [0.05, 0.1) is 35.0 Å². The molecule has 1 unspecified atom stereocenters. The number of pyridine rings is 1. The third-order valence-corrected chi connectivity index (χ3v) is 11.7. The number of nitrogens with zero attached hydrogens (tertiary/aromatic N) is 4. The zero-order valence-corrected chi connectivity index (χ0v) is 38.2. The normalized spacial score (nSPS) is 12.4. The molecular weight excluding hydrogens is 945 g/mol. The van der Waals surface area contributed by atoms with Gasteiger partial charge in [-0.1, -0.05) is 46.4 Å². The number of esters is 2. The highest BCUT2D eigenvalue weighted by molar-refractivity contribution is 8.00. The summed E-state index contributed by atoms with van der Waals surface area (Å²) < 4.78 is 43.1. The van der Waals surface area contributed by atoms with Gasteiger partial charge in [-0.15, -0.1) is 11.8 Å². The molecule has 63 heavy (non-hydrogen) atoms. The van der Waals surface area contributed by atoms with Crippen LogP contribution in [-0.2, 0) is 36.9 Å². The van der Waals surface area contributed by atoms with Crippen LogP contribution in [0.5, 0.6) is 23.0 Å². The predicted octanol–water partition coefficient (Wildman–Crippen LogP) is 9.87. The van der Waals surface area contributed by atoms with Crippen molar-refractivity contribution in [3.63, 3.8) is 0 Å². The maximum Gasteiger partial charge on any atom is 0.346 e. The summed E-state index contributed by atoms with van der Waals surface area (Å²) in [6.07, 6.45) is 2.82. The molecule has 7 rings (SSSR count). The molecule has 1 N–H and O–H groups in total. The lowest BCUT2D eigenvalue weighted by molar-refractivity contribution is -0.148. The van der Waals surface area contributed by atoms with E-state index in [0.29, 0.717) is 66.4 Å². The lowest BCUT2D eigenvalue weighted by atomic mass is 10.2. The SMILES string of the molecule is COC(=O)C(C)Oc1ccc(Oc2ccc(Cl)cc2Cl)cc1.COC(=O)CSc1cc(/N=c2\sc(=O)n3n2CCCC3)c(F)cc1Cl.O=C(O)COc1ccc(Cl)c2cccnc12. The summed E-state index contributed by atoms with van der Waals surface area (Å²) in [7, 11) is 2.61. The van der Waals surface area contributed by atoms with Crippen molar-refractivity contribution in [3.05, 3.63) is 125 Å². The van der Waals surface area contributed by atoms with Crippen LogP contribution in [0.1, 0.15) is 19.8 Å². The van der Waals surface area contributed by atoms with Crippen molar-refractivity contribution < 1.29 is 47.6 Å². The average molecular weight is 983 g/mol. The minimum atomic E-state index is -1.03. The zero-order valence-electron chi connectivity index (χ0n) is 33.5. The van der Waals surface area contributed by atoms with Crippen LogP contribution in [-0.4, -0.2) is 70.0 Å². The molecule has 4 aromatic carbocycles. The molecule has 1 aliphatic rings. The van der Waals surface area contributed by atoms with Gasteiger partial charge in [0.15, 0.2) is 12.7 Å². The van der Waals surface area contributed by atoms with Crippen molar-refractivity contribution in [1.82, 2.24) is 14.3 Å². The molecule has 3 heterocycles. The molecule has 0 bridgehead atoms. The van der Waals surface area contributed by atoms with Crippen molar-refractivity contribution in [2.24, 2.45) is 4.99 Å². The van der Waals surface area contributed by atoms with E-state index in [1.807, 2.05) is 0 Å². The molecule has 0 fully saturated rings. The number of fused-ring (bicyclic) bond motifs is 2. The van der Waals surface area contributed by atoms with Crippen LogP contribution >= 0.6 is 69.5 Å². The third kappa shape index (κ3) is 13.8. The highest BCUT2D eigenvalue weighted by Crippen LogP contribution is 2.34. The number of halogens is 5. The summed E-state index contributed by atoms with van der Waals surface area (Å²) >= 11 is 26.0. The highest BCUT2D eigenvalue weighted by Gasteiger charge is 2.17. The molecule has 2 aromatic heterocycles. The standard InChI is InChI=1S/C16H14Cl2O4.C15H15ClFN3O3S2.C11H8ClNO3/c1-10(16(19)20-2)21-12-4-6-13(7-5-12)22-15-8-3-11(17)9-14(15)18;1-23-13(21)8-24-12-7-11(10(17)6-9(12)16)18-14-19-4-2-3-5-20(19)15(22)25-14;12-8-3-4-9(16-6-10(14)15)11-7(8)2-1-5-13-11/h3-10H,1-2H3;6-7H,2-5,8H2,1H3;1-5H,6H2,(H,14,15)/b;18-14-;. The highest BCUT2D eigenvalue weighted by atomic mass is 35.5. The Hall–Kier alpha value is -5.30. The first-order valence-electron chi connectivity index (χ1n) is 18.6. The maximum atomic E-state index is 14.3. The lowest BCUT2D eigenvalue weighted by Gasteiger charge is -2.15. The van der Waals surface area contributed by atoms with Crippen LogP contribution < -0.4 is 23.9 Å². The van der Waals surface area contributed by atoms with E-state index < -0.39 is 36.4 Å². The van der Waals surface area contributed by atoms with E-state index >= 15 is 0 Å². The monoisotopic (exact) mass is 980 g/mol. The van der Waals surface area contributed by atoms with E-state index in [1.165, 1.54) is 20.3 Å². The van der Waals surface area contributed by atoms with Gasteiger partial charge in [-0.3, -0.25) is 19.3 Å². The number of hydrogen-bond donors (Lipinski definition) is 1. The number of aromatic nitrogens is 3. The Labute approximate surface area is 387 Å². The van der Waals surface area contributed by atoms with Gasteiger partial charge in [0, 0.05) is 34.6 Å². The number of hydrogen-bond acceptors (Lipinski definition) is 13. The molecule has 21 heteroatoms. The van der Waals surface area contributed by atoms with Crippen LogP contribution in [0.15, 0.2) is 99.7 Å². The molecule has 0 radical (unpaired) electrons. The van der Waals surface area contributed by atoms with Crippen molar-refractivity contribution in [2.75, 3.05) is 26.6 Å². The Morgan fingerprint density at radius 2 is 1.59 bits per heavy atom. The first-order chi connectivity index (χ1) is 30.2. The first-order valence-corrected chi connectivity index (χ1v) is 21.9. The van der Waals surface area contributed by atoms with Gasteiger partial charge in [-0.05, 0) is 110 Å². The Kier molecular flexibility index (Phi) is 18.1. The Balaban J connectivity index is 0.000000182. The van der Waals surface area contributed by atoms with Gasteiger partial charge >= 0.3 is 22.8 Å². The van der Waals surface area contributed by atoms with E-state index in [0.717, 1.165) is 47.4 Å². The van der Waals surface area contributed by atoms with Crippen LogP contribution in [0.4, 0.5) is 10.1 Å². The molecule has 14 nitrogen and oxygen atoms in total. The summed E-state index contributed by atoms with van der Waals surface area (Å²) in [6.45, 7) is 2.54. The zero-order chi connectivity index (χ0) is 45.6. The number of benzene rings is 4. The van der Waals surface area contributed by atoms with Gasteiger partial charge in [0.25, 0.3) is 0 Å². The van der Waals surface area contributed by atoms with Crippen molar-refractivity contribution in [2.45, 2.75) is 43.9 Å². The molecule has 0 amide bonds. The molecule has 6 aromatic rings. The van der Waals surface area contributed by atoms with Crippen LogP contribution in [0, 0.1) is 5.82 Å².